The van der Waals surface area contributed by atoms with E-state index in [4.69, 9.17) is 5.73 Å². The van der Waals surface area contributed by atoms with E-state index in [1.165, 1.54) is 6.42 Å². The second-order valence-electron chi connectivity index (χ2n) is 5.97. The summed E-state index contributed by atoms with van der Waals surface area (Å²) in [4.78, 5) is 11.8. The minimum Gasteiger partial charge on any atom is -0.393 e. The summed E-state index contributed by atoms with van der Waals surface area (Å²) >= 11 is 0. The molecule has 2 aliphatic carbocycles. The minimum absolute atomic E-state index is 0. The van der Waals surface area contributed by atoms with Crippen molar-refractivity contribution in [3.05, 3.63) is 0 Å². The third-order valence-electron chi connectivity index (χ3n) is 4.60. The molecule has 19 heavy (non-hydrogen) atoms. The number of carbonyl (C=O) groups is 1. The molecule has 2 saturated carbocycles. The fourth-order valence-electron chi connectivity index (χ4n) is 3.30. The van der Waals surface area contributed by atoms with Crippen molar-refractivity contribution in [2.75, 3.05) is 6.54 Å². The highest BCUT2D eigenvalue weighted by atomic mass is 35.5. The number of rotatable bonds is 4. The fourth-order valence-corrected chi connectivity index (χ4v) is 3.30. The Hall–Kier alpha value is -0.320. The predicted molar refractivity (Wildman–Crippen MR) is 78.2 cm³/mol. The number of aliphatic hydroxyl groups excluding tert-OH is 1. The molecule has 2 fully saturated rings. The van der Waals surface area contributed by atoms with Crippen molar-refractivity contribution in [1.82, 2.24) is 5.32 Å². The van der Waals surface area contributed by atoms with Crippen molar-refractivity contribution in [2.45, 2.75) is 63.5 Å². The molecule has 1 amide bonds. The van der Waals surface area contributed by atoms with Crippen LogP contribution in [0.25, 0.3) is 0 Å². The van der Waals surface area contributed by atoms with Crippen LogP contribution in [0.3, 0.4) is 0 Å². The maximum absolute atomic E-state index is 11.8. The van der Waals surface area contributed by atoms with Crippen LogP contribution in [0.4, 0.5) is 0 Å². The van der Waals surface area contributed by atoms with Gasteiger partial charge in [-0.05, 0) is 31.6 Å². The lowest BCUT2D eigenvalue weighted by molar-refractivity contribution is -0.122. The highest BCUT2D eigenvalue weighted by Gasteiger charge is 2.27. The first-order chi connectivity index (χ1) is 8.66. The van der Waals surface area contributed by atoms with Crippen LogP contribution in [-0.2, 0) is 4.79 Å². The van der Waals surface area contributed by atoms with Crippen LogP contribution in [0, 0.1) is 11.8 Å². The Balaban J connectivity index is 0.00000180. The second kappa shape index (κ2) is 8.08. The van der Waals surface area contributed by atoms with Crippen LogP contribution in [0.1, 0.15) is 51.4 Å². The van der Waals surface area contributed by atoms with Gasteiger partial charge in [0.15, 0.2) is 0 Å². The Morgan fingerprint density at radius 3 is 2.42 bits per heavy atom. The van der Waals surface area contributed by atoms with Crippen molar-refractivity contribution in [3.63, 3.8) is 0 Å². The van der Waals surface area contributed by atoms with Gasteiger partial charge in [0.25, 0.3) is 0 Å². The average Bonchev–Trinajstić information content (AvgIpc) is 2.74. The van der Waals surface area contributed by atoms with Gasteiger partial charge in [-0.2, -0.15) is 0 Å². The lowest BCUT2D eigenvalue weighted by Gasteiger charge is -2.27. The summed E-state index contributed by atoms with van der Waals surface area (Å²) in [7, 11) is 0. The van der Waals surface area contributed by atoms with Crippen molar-refractivity contribution in [1.29, 1.82) is 0 Å². The first-order valence-corrected chi connectivity index (χ1v) is 7.37. The van der Waals surface area contributed by atoms with Gasteiger partial charge in [0.2, 0.25) is 5.91 Å². The predicted octanol–water partition coefficient (Wildman–Crippen LogP) is 1.59. The van der Waals surface area contributed by atoms with E-state index >= 15 is 0 Å². The first-order valence-electron chi connectivity index (χ1n) is 7.37. The van der Waals surface area contributed by atoms with Crippen molar-refractivity contribution < 1.29 is 9.90 Å². The molecule has 0 aromatic heterocycles. The molecule has 0 radical (unpaired) electrons. The number of nitrogens with two attached hydrogens (primary N) is 1. The highest BCUT2D eigenvalue weighted by molar-refractivity contribution is 5.85. The minimum atomic E-state index is -0.229. The van der Waals surface area contributed by atoms with E-state index in [0.717, 1.165) is 38.5 Å². The smallest absolute Gasteiger partial charge is 0.220 e. The highest BCUT2D eigenvalue weighted by Crippen LogP contribution is 2.27. The van der Waals surface area contributed by atoms with Crippen molar-refractivity contribution in [2.24, 2.45) is 17.6 Å². The molecule has 4 atom stereocenters. The summed E-state index contributed by atoms with van der Waals surface area (Å²) in [6.45, 7) is 0.627. The zero-order chi connectivity index (χ0) is 13.0. The van der Waals surface area contributed by atoms with Gasteiger partial charge in [-0.1, -0.05) is 19.3 Å². The molecule has 4 nitrogen and oxygen atoms in total. The third-order valence-corrected chi connectivity index (χ3v) is 4.60. The van der Waals surface area contributed by atoms with Gasteiger partial charge in [-0.15, -0.1) is 12.4 Å². The summed E-state index contributed by atoms with van der Waals surface area (Å²) in [5, 5.41) is 12.8. The summed E-state index contributed by atoms with van der Waals surface area (Å²) < 4.78 is 0. The average molecular weight is 291 g/mol. The van der Waals surface area contributed by atoms with Gasteiger partial charge in [-0.3, -0.25) is 4.79 Å². The number of amides is 1. The Morgan fingerprint density at radius 1 is 1.11 bits per heavy atom. The Bertz CT molecular complexity index is 289. The molecule has 0 bridgehead atoms. The quantitative estimate of drug-likeness (QED) is 0.736. The molecule has 2 aliphatic rings. The zero-order valence-corrected chi connectivity index (χ0v) is 12.3. The standard InChI is InChI=1S/C14H26N2O2.ClH/c15-12-6-3-5-10(12)8-14(18)16-9-11-4-1-2-7-13(11)17;/h10-13,17H,1-9,15H2,(H,16,18);1H/t10-,11?,12+,13?;/m0./s1. The van der Waals surface area contributed by atoms with E-state index < -0.39 is 0 Å². The number of halogens is 1. The van der Waals surface area contributed by atoms with Crippen LogP contribution < -0.4 is 11.1 Å². The molecule has 0 aliphatic heterocycles. The molecule has 0 heterocycles. The molecule has 4 N–H and O–H groups in total. The second-order valence-corrected chi connectivity index (χ2v) is 5.97. The van der Waals surface area contributed by atoms with E-state index in [9.17, 15) is 9.90 Å². The van der Waals surface area contributed by atoms with E-state index in [1.54, 1.807) is 0 Å². The van der Waals surface area contributed by atoms with Gasteiger partial charge < -0.3 is 16.2 Å². The lowest BCUT2D eigenvalue weighted by Crippen LogP contribution is -2.38. The normalized spacial score (nSPS) is 34.6. The molecule has 0 saturated heterocycles. The van der Waals surface area contributed by atoms with Crippen molar-refractivity contribution in [3.8, 4) is 0 Å². The Labute approximate surface area is 121 Å². The van der Waals surface area contributed by atoms with E-state index in [-0.39, 0.29) is 36.4 Å². The Morgan fingerprint density at radius 2 is 1.79 bits per heavy atom. The number of carbonyl (C=O) groups excluding carboxylic acids is 1. The third kappa shape index (κ3) is 4.93. The van der Waals surface area contributed by atoms with Crippen LogP contribution in [0.2, 0.25) is 0 Å². The van der Waals surface area contributed by atoms with Crippen molar-refractivity contribution >= 4 is 18.3 Å². The summed E-state index contributed by atoms with van der Waals surface area (Å²) in [6.07, 6.45) is 7.82. The maximum atomic E-state index is 11.8. The van der Waals surface area contributed by atoms with Crippen LogP contribution in [0.15, 0.2) is 0 Å². The number of hydrogen-bond donors (Lipinski definition) is 3. The maximum Gasteiger partial charge on any atom is 0.220 e. The molecule has 0 aromatic carbocycles. The molecular formula is C14H27ClN2O2. The van der Waals surface area contributed by atoms with Crippen LogP contribution >= 0.6 is 12.4 Å². The van der Waals surface area contributed by atoms with Gasteiger partial charge in [0.1, 0.15) is 0 Å². The van der Waals surface area contributed by atoms with E-state index in [1.807, 2.05) is 0 Å². The van der Waals surface area contributed by atoms with E-state index in [0.29, 0.717) is 18.9 Å². The van der Waals surface area contributed by atoms with Gasteiger partial charge in [-0.25, -0.2) is 0 Å². The first kappa shape index (κ1) is 16.7. The van der Waals surface area contributed by atoms with E-state index in [2.05, 4.69) is 5.32 Å². The van der Waals surface area contributed by atoms with Crippen LogP contribution in [-0.4, -0.2) is 29.7 Å². The van der Waals surface area contributed by atoms with Gasteiger partial charge in [0.05, 0.1) is 6.10 Å². The monoisotopic (exact) mass is 290 g/mol. The number of nitrogens with one attached hydrogen (secondary N) is 1. The molecule has 2 unspecified atom stereocenters. The SMILES string of the molecule is Cl.N[C@@H]1CCC[C@H]1CC(=O)NCC1CCCCC1O. The largest absolute Gasteiger partial charge is 0.393 e. The fraction of sp³-hybridized carbons (Fsp3) is 0.929. The molecule has 112 valence electrons. The summed E-state index contributed by atoms with van der Waals surface area (Å²) in [5.74, 6) is 0.719. The van der Waals surface area contributed by atoms with Gasteiger partial charge in [0, 0.05) is 24.9 Å². The topological polar surface area (TPSA) is 75.4 Å². The van der Waals surface area contributed by atoms with Crippen LogP contribution in [0.5, 0.6) is 0 Å². The molecule has 0 aromatic rings. The summed E-state index contributed by atoms with van der Waals surface area (Å²) in [6, 6.07) is 0.205. The molecular weight excluding hydrogens is 264 g/mol. The molecule has 2 rings (SSSR count). The molecule has 5 heteroatoms. The molecule has 0 spiro atoms. The van der Waals surface area contributed by atoms with Gasteiger partial charge >= 0.3 is 0 Å². The number of hydrogen-bond acceptors (Lipinski definition) is 3. The lowest BCUT2D eigenvalue weighted by atomic mass is 9.86. The summed E-state index contributed by atoms with van der Waals surface area (Å²) in [5.41, 5.74) is 5.97. The Kier molecular flexibility index (Phi) is 7.11. The number of aliphatic hydroxyl groups is 1. The zero-order valence-electron chi connectivity index (χ0n) is 11.5.